The summed E-state index contributed by atoms with van der Waals surface area (Å²) in [4.78, 5) is 11.3. The lowest BCUT2D eigenvalue weighted by Crippen LogP contribution is -2.06. The van der Waals surface area contributed by atoms with E-state index in [0.717, 1.165) is 0 Å². The van der Waals surface area contributed by atoms with Crippen LogP contribution in [0.2, 0.25) is 0 Å². The minimum Gasteiger partial charge on any atom is -0.507 e. The highest BCUT2D eigenvalue weighted by atomic mass is 32.1. The van der Waals surface area contributed by atoms with Gasteiger partial charge in [-0.2, -0.15) is 0 Å². The molecule has 7 heteroatoms. The molecule has 0 saturated carbocycles. The van der Waals surface area contributed by atoms with Gasteiger partial charge in [0.2, 0.25) is 11.0 Å². The Morgan fingerprint density at radius 2 is 2.10 bits per heavy atom. The summed E-state index contributed by atoms with van der Waals surface area (Å²) in [5.74, 6) is -0.139. The zero-order valence-electron chi connectivity index (χ0n) is 10.6. The Morgan fingerprint density at radius 1 is 1.35 bits per heavy atom. The molecular formula is C13H12N4O2S. The summed E-state index contributed by atoms with van der Waals surface area (Å²) < 4.78 is 0. The summed E-state index contributed by atoms with van der Waals surface area (Å²) in [7, 11) is 0. The Morgan fingerprint density at radius 3 is 2.75 bits per heavy atom. The molecule has 4 N–H and O–H groups in total. The Bertz CT molecular complexity index is 728. The van der Waals surface area contributed by atoms with Crippen LogP contribution in [-0.4, -0.2) is 16.1 Å². The van der Waals surface area contributed by atoms with E-state index >= 15 is 0 Å². The van der Waals surface area contributed by atoms with Crippen molar-refractivity contribution in [2.45, 2.75) is 6.92 Å². The van der Waals surface area contributed by atoms with Crippen LogP contribution in [0.25, 0.3) is 10.8 Å². The fourth-order valence-electron chi connectivity index (χ4n) is 1.85. The number of carbonyl (C=O) groups is 1. The molecule has 0 heterocycles. The molecule has 0 radical (unpaired) electrons. The molecule has 0 aromatic heterocycles. The summed E-state index contributed by atoms with van der Waals surface area (Å²) in [5, 5.41) is 21.2. The van der Waals surface area contributed by atoms with Crippen molar-refractivity contribution in [2.24, 2.45) is 16.0 Å². The minimum absolute atomic E-state index is 0.0847. The average molecular weight is 288 g/mol. The molecule has 0 saturated heterocycles. The first-order valence-corrected chi connectivity index (χ1v) is 6.13. The first-order chi connectivity index (χ1) is 9.49. The lowest BCUT2D eigenvalue weighted by atomic mass is 10.1. The van der Waals surface area contributed by atoms with Gasteiger partial charge in [-0.15, -0.1) is 10.2 Å². The van der Waals surface area contributed by atoms with E-state index in [1.54, 1.807) is 24.3 Å². The number of benzene rings is 2. The number of thiocarbonyl (C=S) groups is 1. The zero-order valence-corrected chi connectivity index (χ0v) is 11.4. The highest BCUT2D eigenvalue weighted by molar-refractivity contribution is 7.80. The lowest BCUT2D eigenvalue weighted by Gasteiger charge is -2.10. The van der Waals surface area contributed by atoms with Crippen molar-refractivity contribution in [3.63, 3.8) is 0 Å². The first kappa shape index (κ1) is 13.9. The molecule has 6 nitrogen and oxygen atoms in total. The van der Waals surface area contributed by atoms with Crippen LogP contribution in [0.4, 0.5) is 11.4 Å². The van der Waals surface area contributed by atoms with E-state index in [2.05, 4.69) is 27.8 Å². The van der Waals surface area contributed by atoms with Gasteiger partial charge in [0.15, 0.2) is 0 Å². The van der Waals surface area contributed by atoms with E-state index in [9.17, 15) is 9.90 Å². The van der Waals surface area contributed by atoms with Gasteiger partial charge in [-0.3, -0.25) is 4.79 Å². The van der Waals surface area contributed by atoms with Crippen LogP contribution in [0.5, 0.6) is 5.75 Å². The SMILES string of the molecule is CC(=O)Nc1cccc2c(O)ccc(N=NC(N)=S)c12. The molecule has 0 bridgehead atoms. The number of carbonyl (C=O) groups excluding carboxylic acids is 1. The van der Waals surface area contributed by atoms with Crippen molar-refractivity contribution < 1.29 is 9.90 Å². The number of fused-ring (bicyclic) bond motifs is 1. The number of amides is 1. The smallest absolute Gasteiger partial charge is 0.221 e. The topological polar surface area (TPSA) is 100 Å². The summed E-state index contributed by atoms with van der Waals surface area (Å²) in [5.41, 5.74) is 6.27. The predicted molar refractivity (Wildman–Crippen MR) is 81.2 cm³/mol. The molecule has 2 rings (SSSR count). The van der Waals surface area contributed by atoms with E-state index in [4.69, 9.17) is 5.73 Å². The second-order valence-corrected chi connectivity index (χ2v) is 4.47. The molecule has 102 valence electrons. The van der Waals surface area contributed by atoms with E-state index in [0.29, 0.717) is 22.1 Å². The van der Waals surface area contributed by atoms with Crippen molar-refractivity contribution in [3.8, 4) is 5.75 Å². The van der Waals surface area contributed by atoms with Crippen LogP contribution >= 0.6 is 12.2 Å². The van der Waals surface area contributed by atoms with Gasteiger partial charge in [0.1, 0.15) is 5.75 Å². The number of nitrogens with one attached hydrogen (secondary N) is 1. The van der Waals surface area contributed by atoms with E-state index < -0.39 is 0 Å². The fraction of sp³-hybridized carbons (Fsp3) is 0.0769. The molecule has 0 aliphatic carbocycles. The molecular weight excluding hydrogens is 276 g/mol. The summed E-state index contributed by atoms with van der Waals surface area (Å²) in [6.45, 7) is 1.40. The van der Waals surface area contributed by atoms with Crippen LogP contribution in [0.3, 0.4) is 0 Å². The third kappa shape index (κ3) is 2.89. The molecule has 0 aliphatic heterocycles. The third-order valence-corrected chi connectivity index (χ3v) is 2.64. The molecule has 0 fully saturated rings. The van der Waals surface area contributed by atoms with Gasteiger partial charge in [0, 0.05) is 17.7 Å². The van der Waals surface area contributed by atoms with Crippen LogP contribution in [0.1, 0.15) is 6.92 Å². The van der Waals surface area contributed by atoms with Crippen molar-refractivity contribution in [3.05, 3.63) is 30.3 Å². The van der Waals surface area contributed by atoms with Crippen LogP contribution in [0, 0.1) is 0 Å². The Balaban J connectivity index is 2.71. The third-order valence-electron chi connectivity index (χ3n) is 2.56. The van der Waals surface area contributed by atoms with Gasteiger partial charge in [-0.05, 0) is 30.4 Å². The number of nitrogens with two attached hydrogens (primary N) is 1. The number of phenolic OH excluding ortho intramolecular Hbond substituents is 1. The van der Waals surface area contributed by atoms with Gasteiger partial charge in [0.05, 0.1) is 11.4 Å². The number of azo groups is 1. The van der Waals surface area contributed by atoms with Gasteiger partial charge in [0.25, 0.3) is 0 Å². The largest absolute Gasteiger partial charge is 0.507 e. The molecule has 20 heavy (non-hydrogen) atoms. The lowest BCUT2D eigenvalue weighted by molar-refractivity contribution is -0.114. The normalized spacial score (nSPS) is 10.8. The van der Waals surface area contributed by atoms with Crippen molar-refractivity contribution in [1.82, 2.24) is 0 Å². The number of rotatable bonds is 2. The van der Waals surface area contributed by atoms with Crippen molar-refractivity contribution in [1.29, 1.82) is 0 Å². The molecule has 2 aromatic carbocycles. The van der Waals surface area contributed by atoms with Gasteiger partial charge in [-0.1, -0.05) is 12.1 Å². The number of hydrogen-bond donors (Lipinski definition) is 3. The maximum absolute atomic E-state index is 11.3. The fourth-order valence-corrected chi connectivity index (χ4v) is 1.89. The number of anilines is 1. The summed E-state index contributed by atoms with van der Waals surface area (Å²) >= 11 is 4.64. The Hall–Kier alpha value is -2.54. The molecule has 0 unspecified atom stereocenters. The van der Waals surface area contributed by atoms with Gasteiger partial charge < -0.3 is 16.2 Å². The number of hydrogen-bond acceptors (Lipinski definition) is 4. The highest BCUT2D eigenvalue weighted by Crippen LogP contribution is 2.37. The van der Waals surface area contributed by atoms with Gasteiger partial charge in [-0.25, -0.2) is 0 Å². The van der Waals surface area contributed by atoms with Gasteiger partial charge >= 0.3 is 0 Å². The molecule has 0 atom stereocenters. The van der Waals surface area contributed by atoms with E-state index in [-0.39, 0.29) is 16.8 Å². The molecule has 0 spiro atoms. The maximum Gasteiger partial charge on any atom is 0.221 e. The number of aromatic hydroxyl groups is 1. The van der Waals surface area contributed by atoms with Crippen molar-refractivity contribution in [2.75, 3.05) is 5.32 Å². The molecule has 1 amide bonds. The highest BCUT2D eigenvalue weighted by Gasteiger charge is 2.10. The van der Waals surface area contributed by atoms with Crippen LogP contribution in [0.15, 0.2) is 40.6 Å². The Kier molecular flexibility index (Phi) is 3.90. The first-order valence-electron chi connectivity index (χ1n) is 5.72. The molecule has 2 aromatic rings. The van der Waals surface area contributed by atoms with Crippen LogP contribution in [-0.2, 0) is 4.79 Å². The number of phenols is 1. The predicted octanol–water partition coefficient (Wildman–Crippen LogP) is 2.83. The zero-order chi connectivity index (χ0) is 14.7. The minimum atomic E-state index is -0.224. The van der Waals surface area contributed by atoms with Crippen molar-refractivity contribution >= 4 is 45.4 Å². The monoisotopic (exact) mass is 288 g/mol. The van der Waals surface area contributed by atoms with E-state index in [1.807, 2.05) is 0 Å². The quantitative estimate of drug-likeness (QED) is 0.584. The maximum atomic E-state index is 11.3. The summed E-state index contributed by atoms with van der Waals surface area (Å²) in [6.07, 6.45) is 0. The van der Waals surface area contributed by atoms with E-state index in [1.165, 1.54) is 13.0 Å². The summed E-state index contributed by atoms with van der Waals surface area (Å²) in [6, 6.07) is 8.22. The standard InChI is InChI=1S/C13H12N4O2S/c1-7(18)15-9-4-2-3-8-11(19)6-5-10(12(8)9)16-17-13(14)20/h2-6,19H,1H3,(H2,14,20)(H,15,18). The Labute approximate surface area is 120 Å². The van der Waals surface area contributed by atoms with Crippen LogP contribution < -0.4 is 11.1 Å². The second-order valence-electron chi connectivity index (χ2n) is 4.05. The molecule has 0 aliphatic rings. The number of nitrogens with zero attached hydrogens (tertiary/aromatic N) is 2. The second kappa shape index (κ2) is 5.62. The average Bonchev–Trinajstić information content (AvgIpc) is 2.38.